The smallest absolute Gasteiger partial charge is 0.346 e. The number of aromatic nitrogens is 2. The lowest BCUT2D eigenvalue weighted by molar-refractivity contribution is 0.0701. The molecule has 0 atom stereocenters. The maximum atomic E-state index is 12.4. The Balaban J connectivity index is 2.19. The molecule has 0 spiro atoms. The predicted molar refractivity (Wildman–Crippen MR) is 85.0 cm³/mol. The number of fused-ring (bicyclic) bond motifs is 1. The first-order chi connectivity index (χ1) is 10.5. The van der Waals surface area contributed by atoms with E-state index in [0.717, 1.165) is 21.6 Å². The highest BCUT2D eigenvalue weighted by Crippen LogP contribution is 2.27. The van der Waals surface area contributed by atoms with Crippen molar-refractivity contribution in [2.75, 3.05) is 5.84 Å². The number of thiophene rings is 1. The highest BCUT2D eigenvalue weighted by molar-refractivity contribution is 7.20. The molecule has 0 bridgehead atoms. The van der Waals surface area contributed by atoms with Crippen LogP contribution in [0.4, 0.5) is 0 Å². The molecule has 2 heterocycles. The van der Waals surface area contributed by atoms with Gasteiger partial charge in [-0.15, -0.1) is 11.3 Å². The molecule has 3 rings (SSSR count). The third-order valence-electron chi connectivity index (χ3n) is 3.47. The van der Waals surface area contributed by atoms with E-state index in [1.807, 2.05) is 30.3 Å². The van der Waals surface area contributed by atoms with Gasteiger partial charge in [0.2, 0.25) is 0 Å². The quantitative estimate of drug-likeness (QED) is 0.718. The van der Waals surface area contributed by atoms with Crippen LogP contribution in [0, 0.1) is 6.92 Å². The van der Waals surface area contributed by atoms with Gasteiger partial charge in [-0.2, -0.15) is 0 Å². The van der Waals surface area contributed by atoms with Gasteiger partial charge in [-0.1, -0.05) is 30.3 Å². The molecule has 0 fully saturated rings. The van der Waals surface area contributed by atoms with E-state index < -0.39 is 11.5 Å². The third kappa shape index (κ3) is 2.25. The van der Waals surface area contributed by atoms with Gasteiger partial charge in [0, 0.05) is 6.42 Å². The molecule has 3 aromatic rings. The number of hydrogen-bond acceptors (Lipinski definition) is 5. The molecule has 0 aliphatic rings. The molecule has 22 heavy (non-hydrogen) atoms. The third-order valence-corrected chi connectivity index (χ3v) is 4.64. The lowest BCUT2D eigenvalue weighted by atomic mass is 10.1. The van der Waals surface area contributed by atoms with Crippen LogP contribution in [0.1, 0.15) is 26.6 Å². The summed E-state index contributed by atoms with van der Waals surface area (Å²) in [7, 11) is 0. The van der Waals surface area contributed by atoms with E-state index in [-0.39, 0.29) is 10.3 Å². The molecule has 0 amide bonds. The van der Waals surface area contributed by atoms with E-state index in [4.69, 9.17) is 5.84 Å². The first-order valence-corrected chi connectivity index (χ1v) is 7.38. The average molecular weight is 315 g/mol. The summed E-state index contributed by atoms with van der Waals surface area (Å²) in [4.78, 5) is 28.5. The molecule has 0 saturated heterocycles. The zero-order chi connectivity index (χ0) is 15.9. The summed E-state index contributed by atoms with van der Waals surface area (Å²) in [6.07, 6.45) is 0.405. The van der Waals surface area contributed by atoms with Crippen molar-refractivity contribution < 1.29 is 9.90 Å². The average Bonchev–Trinajstić information content (AvgIpc) is 2.82. The normalized spacial score (nSPS) is 11.0. The minimum Gasteiger partial charge on any atom is -0.477 e. The van der Waals surface area contributed by atoms with Crippen LogP contribution < -0.4 is 11.4 Å². The first kappa shape index (κ1) is 14.3. The molecule has 0 unspecified atom stereocenters. The molecule has 2 aromatic heterocycles. The fourth-order valence-electron chi connectivity index (χ4n) is 2.34. The number of rotatable bonds is 3. The number of nitrogen functional groups attached to an aromatic ring is 1. The molecule has 1 aromatic carbocycles. The van der Waals surface area contributed by atoms with Crippen molar-refractivity contribution in [3.63, 3.8) is 0 Å². The van der Waals surface area contributed by atoms with Gasteiger partial charge in [-0.25, -0.2) is 14.5 Å². The zero-order valence-corrected chi connectivity index (χ0v) is 12.6. The number of nitrogens with zero attached hydrogens (tertiary/aromatic N) is 2. The van der Waals surface area contributed by atoms with Crippen molar-refractivity contribution in [2.24, 2.45) is 0 Å². The monoisotopic (exact) mass is 315 g/mol. The standard InChI is InChI=1S/C15H13N3O3S/c1-8-11-13(22-12(8)15(20)21)17-10(18(16)14(11)19)7-9-5-3-2-4-6-9/h2-6H,7,16H2,1H3,(H,20,21). The fourth-order valence-corrected chi connectivity index (χ4v) is 3.37. The van der Waals surface area contributed by atoms with E-state index in [2.05, 4.69) is 4.98 Å². The lowest BCUT2D eigenvalue weighted by Gasteiger charge is -2.07. The van der Waals surface area contributed by atoms with E-state index in [1.165, 1.54) is 0 Å². The van der Waals surface area contributed by atoms with Crippen molar-refractivity contribution >= 4 is 27.5 Å². The van der Waals surface area contributed by atoms with Gasteiger partial charge in [0.25, 0.3) is 5.56 Å². The maximum absolute atomic E-state index is 12.4. The molecule has 3 N–H and O–H groups in total. The second-order valence-corrected chi connectivity index (χ2v) is 5.91. The summed E-state index contributed by atoms with van der Waals surface area (Å²) in [6.45, 7) is 1.60. The van der Waals surface area contributed by atoms with E-state index >= 15 is 0 Å². The Hall–Kier alpha value is -2.67. The van der Waals surface area contributed by atoms with Gasteiger partial charge in [0.1, 0.15) is 15.5 Å². The van der Waals surface area contributed by atoms with Crippen LogP contribution in [0.5, 0.6) is 0 Å². The molecular weight excluding hydrogens is 302 g/mol. The van der Waals surface area contributed by atoms with Gasteiger partial charge >= 0.3 is 5.97 Å². The number of aromatic carboxylic acids is 1. The van der Waals surface area contributed by atoms with Crippen LogP contribution in [0.15, 0.2) is 35.1 Å². The van der Waals surface area contributed by atoms with Crippen molar-refractivity contribution in [2.45, 2.75) is 13.3 Å². The number of aryl methyl sites for hydroxylation is 1. The molecule has 6 nitrogen and oxygen atoms in total. The Labute approximate surface area is 129 Å². The molecule has 0 saturated carbocycles. The summed E-state index contributed by atoms with van der Waals surface area (Å²) >= 11 is 1.00. The Morgan fingerprint density at radius 2 is 2.05 bits per heavy atom. The lowest BCUT2D eigenvalue weighted by Crippen LogP contribution is -2.31. The molecular formula is C15H13N3O3S. The molecule has 0 radical (unpaired) electrons. The van der Waals surface area contributed by atoms with E-state index in [0.29, 0.717) is 22.6 Å². The van der Waals surface area contributed by atoms with Gasteiger partial charge in [-0.3, -0.25) is 4.79 Å². The van der Waals surface area contributed by atoms with Crippen LogP contribution in [0.25, 0.3) is 10.2 Å². The minimum atomic E-state index is -1.06. The number of carboxylic acid groups (broad SMARTS) is 1. The number of carboxylic acids is 1. The second kappa shape index (κ2) is 5.27. The highest BCUT2D eigenvalue weighted by Gasteiger charge is 2.20. The summed E-state index contributed by atoms with van der Waals surface area (Å²) < 4.78 is 1.00. The number of carbonyl (C=O) groups is 1. The zero-order valence-electron chi connectivity index (χ0n) is 11.7. The van der Waals surface area contributed by atoms with Crippen LogP contribution in [-0.2, 0) is 6.42 Å². The molecule has 112 valence electrons. The summed E-state index contributed by atoms with van der Waals surface area (Å²) in [5, 5.41) is 9.45. The van der Waals surface area contributed by atoms with Crippen molar-refractivity contribution in [1.82, 2.24) is 9.66 Å². The van der Waals surface area contributed by atoms with Gasteiger partial charge < -0.3 is 10.9 Å². The van der Waals surface area contributed by atoms with Crippen molar-refractivity contribution in [3.8, 4) is 0 Å². The van der Waals surface area contributed by atoms with Crippen LogP contribution >= 0.6 is 11.3 Å². The van der Waals surface area contributed by atoms with Gasteiger partial charge in [0.15, 0.2) is 0 Å². The minimum absolute atomic E-state index is 0.122. The number of nitrogens with two attached hydrogens (primary N) is 1. The van der Waals surface area contributed by atoms with Gasteiger partial charge in [0.05, 0.1) is 5.39 Å². The first-order valence-electron chi connectivity index (χ1n) is 6.56. The number of benzene rings is 1. The predicted octanol–water partition coefficient (Wildman–Crippen LogP) is 1.77. The SMILES string of the molecule is Cc1c(C(=O)O)sc2nc(Cc3ccccc3)n(N)c(=O)c12. The van der Waals surface area contributed by atoms with Crippen molar-refractivity contribution in [3.05, 3.63) is 62.5 Å². The van der Waals surface area contributed by atoms with E-state index in [1.54, 1.807) is 6.92 Å². The van der Waals surface area contributed by atoms with Gasteiger partial charge in [-0.05, 0) is 18.1 Å². The second-order valence-electron chi connectivity index (χ2n) is 4.91. The van der Waals surface area contributed by atoms with Crippen molar-refractivity contribution in [1.29, 1.82) is 0 Å². The van der Waals surface area contributed by atoms with Crippen LogP contribution in [0.2, 0.25) is 0 Å². The fraction of sp³-hybridized carbons (Fsp3) is 0.133. The Morgan fingerprint density at radius 1 is 1.36 bits per heavy atom. The largest absolute Gasteiger partial charge is 0.477 e. The Kier molecular flexibility index (Phi) is 3.42. The van der Waals surface area contributed by atoms with Crippen LogP contribution in [0.3, 0.4) is 0 Å². The maximum Gasteiger partial charge on any atom is 0.346 e. The highest BCUT2D eigenvalue weighted by atomic mass is 32.1. The van der Waals surface area contributed by atoms with Crippen LogP contribution in [-0.4, -0.2) is 20.7 Å². The molecule has 0 aliphatic heterocycles. The summed E-state index contributed by atoms with van der Waals surface area (Å²) in [5.74, 6) is 5.19. The summed E-state index contributed by atoms with van der Waals surface area (Å²) in [5.41, 5.74) is 0.965. The summed E-state index contributed by atoms with van der Waals surface area (Å²) in [6, 6.07) is 9.52. The number of hydrogen-bond donors (Lipinski definition) is 2. The Morgan fingerprint density at radius 3 is 2.68 bits per heavy atom. The van der Waals surface area contributed by atoms with E-state index in [9.17, 15) is 14.7 Å². The molecule has 7 heteroatoms. The molecule has 0 aliphatic carbocycles. The topological polar surface area (TPSA) is 98.2 Å². The Bertz CT molecular complexity index is 929.